The summed E-state index contributed by atoms with van der Waals surface area (Å²) in [5, 5.41) is 9.72. The third kappa shape index (κ3) is 5.75. The van der Waals surface area contributed by atoms with Crippen molar-refractivity contribution < 1.29 is 0 Å². The van der Waals surface area contributed by atoms with E-state index in [-0.39, 0.29) is 0 Å². The van der Waals surface area contributed by atoms with Gasteiger partial charge in [0.25, 0.3) is 0 Å². The summed E-state index contributed by atoms with van der Waals surface area (Å²) in [6, 6.07) is 80.0. The molecule has 0 radical (unpaired) electrons. The topological polar surface area (TPSA) is 48.5 Å². The van der Waals surface area contributed by atoms with Crippen molar-refractivity contribution in [3.05, 3.63) is 224 Å². The molecule has 3 heterocycles. The second-order valence-corrected chi connectivity index (χ2v) is 16.4. The molecular weight excluding hydrogens is 779 g/mol. The molecule has 0 saturated carbocycles. The van der Waals surface area contributed by atoms with Crippen LogP contribution in [-0.4, -0.2) is 24.1 Å². The smallest absolute Gasteiger partial charge is 0.164 e. The lowest BCUT2D eigenvalue weighted by Gasteiger charge is -2.12. The zero-order chi connectivity index (χ0) is 42.1. The van der Waals surface area contributed by atoms with Crippen molar-refractivity contribution in [2.75, 3.05) is 0 Å². The molecule has 5 nitrogen and oxygen atoms in total. The van der Waals surface area contributed by atoms with Crippen LogP contribution in [0.1, 0.15) is 0 Å². The van der Waals surface area contributed by atoms with Gasteiger partial charge >= 0.3 is 0 Å². The van der Waals surface area contributed by atoms with Crippen LogP contribution >= 0.6 is 0 Å². The van der Waals surface area contributed by atoms with Gasteiger partial charge in [0.15, 0.2) is 17.5 Å². The van der Waals surface area contributed by atoms with E-state index in [9.17, 15) is 0 Å². The largest absolute Gasteiger partial charge is 0.309 e. The van der Waals surface area contributed by atoms with E-state index >= 15 is 0 Å². The van der Waals surface area contributed by atoms with Crippen molar-refractivity contribution in [1.82, 2.24) is 24.1 Å². The van der Waals surface area contributed by atoms with Crippen molar-refractivity contribution in [3.63, 3.8) is 0 Å². The Bertz CT molecular complexity index is 3930. The Hall–Kier alpha value is -8.67. The molecule has 3 aromatic heterocycles. The number of aromatic nitrogens is 5. The van der Waals surface area contributed by atoms with Crippen LogP contribution in [0.3, 0.4) is 0 Å². The van der Waals surface area contributed by atoms with Crippen LogP contribution < -0.4 is 0 Å². The van der Waals surface area contributed by atoms with Gasteiger partial charge < -0.3 is 9.13 Å². The average molecular weight is 816 g/mol. The quantitative estimate of drug-likeness (QED) is 0.168. The molecule has 0 aliphatic carbocycles. The van der Waals surface area contributed by atoms with E-state index in [1.165, 1.54) is 54.3 Å². The zero-order valence-electron chi connectivity index (χ0n) is 34.6. The number of hydrogen-bond acceptors (Lipinski definition) is 3. The van der Waals surface area contributed by atoms with Crippen molar-refractivity contribution in [2.45, 2.75) is 0 Å². The molecule has 0 aliphatic rings. The number of hydrogen-bond donors (Lipinski definition) is 0. The van der Waals surface area contributed by atoms with Crippen LogP contribution in [0.15, 0.2) is 224 Å². The Labute approximate surface area is 368 Å². The average Bonchev–Trinajstić information content (AvgIpc) is 3.88. The predicted molar refractivity (Wildman–Crippen MR) is 265 cm³/mol. The van der Waals surface area contributed by atoms with Gasteiger partial charge in [-0.25, -0.2) is 15.0 Å². The minimum absolute atomic E-state index is 0.624. The highest BCUT2D eigenvalue weighted by Crippen LogP contribution is 2.44. The van der Waals surface area contributed by atoms with E-state index in [4.69, 9.17) is 15.0 Å². The molecule has 0 bridgehead atoms. The maximum Gasteiger partial charge on any atom is 0.164 e. The number of para-hydroxylation sites is 1. The van der Waals surface area contributed by atoms with Crippen molar-refractivity contribution >= 4 is 65.2 Å². The van der Waals surface area contributed by atoms with E-state index in [0.717, 1.165) is 50.0 Å². The number of rotatable bonds is 6. The highest BCUT2D eigenvalue weighted by molar-refractivity contribution is 6.26. The molecule has 298 valence electrons. The van der Waals surface area contributed by atoms with E-state index < -0.39 is 0 Å². The maximum atomic E-state index is 5.13. The molecule has 10 aromatic carbocycles. The summed E-state index contributed by atoms with van der Waals surface area (Å²) in [6.07, 6.45) is 0. The Morgan fingerprint density at radius 2 is 0.781 bits per heavy atom. The van der Waals surface area contributed by atoms with Crippen LogP contribution in [0.25, 0.3) is 122 Å². The summed E-state index contributed by atoms with van der Waals surface area (Å²) in [6.45, 7) is 0. The molecule has 0 N–H and O–H groups in total. The van der Waals surface area contributed by atoms with Gasteiger partial charge in [0.05, 0.1) is 22.1 Å². The zero-order valence-corrected chi connectivity index (χ0v) is 34.6. The van der Waals surface area contributed by atoms with E-state index in [1.807, 2.05) is 18.2 Å². The lowest BCUT2D eigenvalue weighted by molar-refractivity contribution is 1.07. The van der Waals surface area contributed by atoms with Gasteiger partial charge in [0.1, 0.15) is 0 Å². The normalized spacial score (nSPS) is 11.8. The first kappa shape index (κ1) is 36.0. The lowest BCUT2D eigenvalue weighted by Crippen LogP contribution is -2.00. The molecule has 0 saturated heterocycles. The van der Waals surface area contributed by atoms with Crippen molar-refractivity contribution in [2.24, 2.45) is 0 Å². The molecule has 0 amide bonds. The molecule has 5 heteroatoms. The van der Waals surface area contributed by atoms with Gasteiger partial charge in [-0.3, -0.25) is 0 Å². The first-order valence-electron chi connectivity index (χ1n) is 21.7. The predicted octanol–water partition coefficient (Wildman–Crippen LogP) is 15.0. The van der Waals surface area contributed by atoms with Crippen LogP contribution in [0, 0.1) is 0 Å². The number of nitrogens with zero attached hydrogens (tertiary/aromatic N) is 5. The second kappa shape index (κ2) is 14.5. The van der Waals surface area contributed by atoms with E-state index in [0.29, 0.717) is 17.5 Å². The molecule has 0 spiro atoms. The highest BCUT2D eigenvalue weighted by Gasteiger charge is 2.22. The van der Waals surface area contributed by atoms with Gasteiger partial charge in [-0.15, -0.1) is 0 Å². The van der Waals surface area contributed by atoms with Gasteiger partial charge in [-0.1, -0.05) is 158 Å². The summed E-state index contributed by atoms with van der Waals surface area (Å²) < 4.78 is 4.85. The molecule has 0 unspecified atom stereocenters. The summed E-state index contributed by atoms with van der Waals surface area (Å²) in [5.74, 6) is 1.90. The SMILES string of the molecule is c1ccc(-c2nc(-c3ccc(-n4c5cc6c(cc5c5c(-c7ccccc7)cccc54)c4c5ccccc5ccc4n6-c4ccccc4)cc3)nc(-c3ccc4ccccc4c3)n2)cc1. The summed E-state index contributed by atoms with van der Waals surface area (Å²) in [4.78, 5) is 15.2. The first-order chi connectivity index (χ1) is 31.7. The first-order valence-corrected chi connectivity index (χ1v) is 21.7. The summed E-state index contributed by atoms with van der Waals surface area (Å²) >= 11 is 0. The fourth-order valence-electron chi connectivity index (χ4n) is 9.78. The summed E-state index contributed by atoms with van der Waals surface area (Å²) in [5.41, 5.74) is 12.0. The van der Waals surface area contributed by atoms with Crippen molar-refractivity contribution in [1.29, 1.82) is 0 Å². The Kier molecular flexibility index (Phi) is 8.15. The Balaban J connectivity index is 1.05. The third-order valence-electron chi connectivity index (χ3n) is 12.7. The third-order valence-corrected chi connectivity index (χ3v) is 12.7. The lowest BCUT2D eigenvalue weighted by atomic mass is 9.98. The monoisotopic (exact) mass is 815 g/mol. The molecule has 0 fully saturated rings. The highest BCUT2D eigenvalue weighted by atomic mass is 15.0. The number of benzene rings is 10. The van der Waals surface area contributed by atoms with Gasteiger partial charge in [0.2, 0.25) is 0 Å². The van der Waals surface area contributed by atoms with E-state index in [2.05, 4.69) is 215 Å². The molecule has 13 rings (SSSR count). The van der Waals surface area contributed by atoms with Crippen molar-refractivity contribution in [3.8, 4) is 56.7 Å². The maximum absolute atomic E-state index is 5.13. The Morgan fingerprint density at radius 3 is 1.50 bits per heavy atom. The van der Waals surface area contributed by atoms with Crippen LogP contribution in [0.2, 0.25) is 0 Å². The van der Waals surface area contributed by atoms with Gasteiger partial charge in [-0.2, -0.15) is 0 Å². The summed E-state index contributed by atoms with van der Waals surface area (Å²) in [7, 11) is 0. The van der Waals surface area contributed by atoms with Crippen LogP contribution in [0.4, 0.5) is 0 Å². The standard InChI is InChI=1S/C59H37N5/c1-4-16-39(17-5-1)48-25-14-26-51-55(48)49-36-50-53(63(45-22-8-3-9-23-45)52-34-31-40-18-12-13-24-47(40)56(50)52)37-54(49)64(51)46-32-29-42(30-33-46)58-60-57(41-19-6-2-7-20-41)61-59(62-58)44-28-27-38-15-10-11-21-43(38)35-44/h1-37H. The second-order valence-electron chi connectivity index (χ2n) is 16.4. The number of fused-ring (bicyclic) bond motifs is 9. The molecule has 13 aromatic rings. The fourth-order valence-corrected chi connectivity index (χ4v) is 9.78. The van der Waals surface area contributed by atoms with Crippen LogP contribution in [-0.2, 0) is 0 Å². The van der Waals surface area contributed by atoms with Crippen LogP contribution in [0.5, 0.6) is 0 Å². The fraction of sp³-hybridized carbons (Fsp3) is 0. The molecule has 0 aliphatic heterocycles. The molecule has 64 heavy (non-hydrogen) atoms. The van der Waals surface area contributed by atoms with Gasteiger partial charge in [0, 0.05) is 49.6 Å². The van der Waals surface area contributed by atoms with E-state index in [1.54, 1.807) is 0 Å². The minimum atomic E-state index is 0.624. The van der Waals surface area contributed by atoms with Gasteiger partial charge in [-0.05, 0) is 99.4 Å². The Morgan fingerprint density at radius 1 is 0.266 bits per heavy atom. The minimum Gasteiger partial charge on any atom is -0.309 e. The molecule has 0 atom stereocenters. The molecular formula is C59H37N5.